The molecule has 0 unspecified atom stereocenters. The number of aryl methyl sites for hydroxylation is 1. The van der Waals surface area contributed by atoms with Crippen molar-refractivity contribution >= 4 is 39.1 Å². The normalized spacial score (nSPS) is 11.6. The fourth-order valence-electron chi connectivity index (χ4n) is 3.17. The molecule has 3 aromatic rings. The van der Waals surface area contributed by atoms with Gasteiger partial charge in [-0.05, 0) is 42.8 Å². The highest BCUT2D eigenvalue weighted by atomic mass is 35.5. The molecule has 0 radical (unpaired) electrons. The third-order valence-electron chi connectivity index (χ3n) is 5.12. The lowest BCUT2D eigenvalue weighted by Gasteiger charge is -2.25. The number of hydrogen-bond donors (Lipinski definition) is 0. The molecule has 0 aliphatic heterocycles. The second-order valence-electron chi connectivity index (χ2n) is 7.66. The zero-order valence-electron chi connectivity index (χ0n) is 18.1. The molecule has 0 heterocycles. The van der Waals surface area contributed by atoms with Gasteiger partial charge in [-0.3, -0.25) is 4.79 Å². The minimum atomic E-state index is -4.03. The maximum Gasteiger partial charge on any atom is 0.243 e. The number of halogens is 3. The molecule has 0 fully saturated rings. The van der Waals surface area contributed by atoms with Gasteiger partial charge in [-0.15, -0.1) is 0 Å². The van der Waals surface area contributed by atoms with Gasteiger partial charge in [0.25, 0.3) is 0 Å². The van der Waals surface area contributed by atoms with Crippen molar-refractivity contribution in [3.05, 3.63) is 99.3 Å². The van der Waals surface area contributed by atoms with Crippen LogP contribution < -0.4 is 0 Å². The van der Waals surface area contributed by atoms with Gasteiger partial charge in [0.1, 0.15) is 5.82 Å². The number of carbonyl (C=O) groups is 1. The van der Waals surface area contributed by atoms with Crippen molar-refractivity contribution in [2.75, 3.05) is 13.6 Å². The zero-order chi connectivity index (χ0) is 24.2. The number of carbonyl (C=O) groups excluding carboxylic acids is 1. The highest BCUT2D eigenvalue weighted by Gasteiger charge is 2.29. The molecule has 33 heavy (non-hydrogen) atoms. The van der Waals surface area contributed by atoms with E-state index in [1.54, 1.807) is 42.5 Å². The summed E-state index contributed by atoms with van der Waals surface area (Å²) < 4.78 is 41.9. The lowest BCUT2D eigenvalue weighted by Crippen LogP contribution is -2.41. The van der Waals surface area contributed by atoms with Crippen LogP contribution >= 0.6 is 23.2 Å². The Labute approximate surface area is 203 Å². The molecule has 174 valence electrons. The first-order chi connectivity index (χ1) is 15.6. The molecule has 9 heteroatoms. The Hall–Kier alpha value is -2.45. The summed E-state index contributed by atoms with van der Waals surface area (Å²) in [6.45, 7) is 1.28. The molecule has 5 nitrogen and oxygen atoms in total. The van der Waals surface area contributed by atoms with Crippen LogP contribution in [-0.2, 0) is 27.9 Å². The molecule has 0 aliphatic rings. The Morgan fingerprint density at radius 3 is 2.24 bits per heavy atom. The SMILES string of the molecule is Cc1ccc(S(=O)(=O)N(CC(=O)N(C)Cc2ccccc2F)Cc2ccc(Cl)cc2Cl)cc1. The Bertz CT molecular complexity index is 1250. The molecule has 0 aliphatic carbocycles. The first-order valence-electron chi connectivity index (χ1n) is 10.1. The molecule has 0 atom stereocenters. The minimum Gasteiger partial charge on any atom is -0.340 e. The second-order valence-corrected chi connectivity index (χ2v) is 10.4. The van der Waals surface area contributed by atoms with Crippen LogP contribution in [0.25, 0.3) is 0 Å². The molecular weight excluding hydrogens is 486 g/mol. The van der Waals surface area contributed by atoms with Gasteiger partial charge in [0, 0.05) is 35.7 Å². The van der Waals surface area contributed by atoms with Crippen LogP contribution in [0.3, 0.4) is 0 Å². The summed E-state index contributed by atoms with van der Waals surface area (Å²) in [4.78, 5) is 14.3. The minimum absolute atomic E-state index is 0.00558. The van der Waals surface area contributed by atoms with E-state index in [1.165, 1.54) is 36.2 Å². The standard InChI is InChI=1S/C24H23Cl2FN2O3S/c1-17-7-11-21(12-8-17)33(31,32)29(15-18-9-10-20(25)13-22(18)26)16-24(30)28(2)14-19-5-3-4-6-23(19)27/h3-13H,14-16H2,1-2H3. The van der Waals surface area contributed by atoms with Crippen LogP contribution in [-0.4, -0.2) is 37.1 Å². The van der Waals surface area contributed by atoms with Crippen LogP contribution in [0.15, 0.2) is 71.6 Å². The summed E-state index contributed by atoms with van der Waals surface area (Å²) in [7, 11) is -2.53. The number of benzene rings is 3. The van der Waals surface area contributed by atoms with E-state index in [-0.39, 0.29) is 18.0 Å². The molecule has 0 aromatic heterocycles. The maximum absolute atomic E-state index is 14.0. The van der Waals surface area contributed by atoms with Crippen molar-refractivity contribution in [1.29, 1.82) is 0 Å². The molecule has 0 bridgehead atoms. The van der Waals surface area contributed by atoms with Crippen LogP contribution in [0.5, 0.6) is 0 Å². The summed E-state index contributed by atoms with van der Waals surface area (Å²) in [5.41, 5.74) is 1.74. The highest BCUT2D eigenvalue weighted by Crippen LogP contribution is 2.25. The Kier molecular flexibility index (Phi) is 8.13. The van der Waals surface area contributed by atoms with Crippen molar-refractivity contribution in [3.63, 3.8) is 0 Å². The monoisotopic (exact) mass is 508 g/mol. The molecule has 3 aromatic carbocycles. The fraction of sp³-hybridized carbons (Fsp3) is 0.208. The van der Waals surface area contributed by atoms with Crippen molar-refractivity contribution in [2.45, 2.75) is 24.9 Å². The third kappa shape index (κ3) is 6.32. The van der Waals surface area contributed by atoms with Gasteiger partial charge in [0.2, 0.25) is 15.9 Å². The van der Waals surface area contributed by atoms with Crippen molar-refractivity contribution in [1.82, 2.24) is 9.21 Å². The quantitative estimate of drug-likeness (QED) is 0.415. The van der Waals surface area contributed by atoms with Crippen LogP contribution in [0.4, 0.5) is 4.39 Å². The van der Waals surface area contributed by atoms with E-state index in [9.17, 15) is 17.6 Å². The van der Waals surface area contributed by atoms with E-state index in [4.69, 9.17) is 23.2 Å². The summed E-state index contributed by atoms with van der Waals surface area (Å²) in [6, 6.07) is 17.2. The molecule has 0 saturated carbocycles. The van der Waals surface area contributed by atoms with Crippen LogP contribution in [0, 0.1) is 12.7 Å². The molecular formula is C24H23Cl2FN2O3S. The molecule has 0 saturated heterocycles. The van der Waals surface area contributed by atoms with E-state index in [2.05, 4.69) is 0 Å². The van der Waals surface area contributed by atoms with Crippen LogP contribution in [0.1, 0.15) is 16.7 Å². The van der Waals surface area contributed by atoms with E-state index in [0.29, 0.717) is 21.2 Å². The molecule has 0 N–H and O–H groups in total. The summed E-state index contributed by atoms with van der Waals surface area (Å²) in [5.74, 6) is -0.923. The maximum atomic E-state index is 14.0. The van der Waals surface area contributed by atoms with Gasteiger partial charge in [0.05, 0.1) is 11.4 Å². The van der Waals surface area contributed by atoms with E-state index < -0.39 is 28.3 Å². The van der Waals surface area contributed by atoms with Gasteiger partial charge in [-0.2, -0.15) is 4.31 Å². The van der Waals surface area contributed by atoms with E-state index in [1.807, 2.05) is 6.92 Å². The topological polar surface area (TPSA) is 57.7 Å². The van der Waals surface area contributed by atoms with Crippen molar-refractivity contribution in [2.24, 2.45) is 0 Å². The smallest absolute Gasteiger partial charge is 0.243 e. The second kappa shape index (κ2) is 10.7. The number of amides is 1. The number of likely N-dealkylation sites (N-methyl/N-ethyl adjacent to an activating group) is 1. The van der Waals surface area contributed by atoms with Gasteiger partial charge in [-0.1, -0.05) is 65.2 Å². The Morgan fingerprint density at radius 2 is 1.61 bits per heavy atom. The lowest BCUT2D eigenvalue weighted by molar-refractivity contribution is -0.130. The lowest BCUT2D eigenvalue weighted by atomic mass is 10.2. The van der Waals surface area contributed by atoms with Crippen molar-refractivity contribution in [3.8, 4) is 0 Å². The van der Waals surface area contributed by atoms with Gasteiger partial charge >= 0.3 is 0 Å². The first kappa shape index (κ1) is 25.2. The van der Waals surface area contributed by atoms with Crippen LogP contribution in [0.2, 0.25) is 10.0 Å². The number of rotatable bonds is 8. The number of sulfonamides is 1. The van der Waals surface area contributed by atoms with Crippen molar-refractivity contribution < 1.29 is 17.6 Å². The zero-order valence-corrected chi connectivity index (χ0v) is 20.5. The predicted molar refractivity (Wildman–Crippen MR) is 128 cm³/mol. The summed E-state index contributed by atoms with van der Waals surface area (Å²) >= 11 is 12.2. The number of nitrogens with zero attached hydrogens (tertiary/aromatic N) is 2. The van der Waals surface area contributed by atoms with E-state index >= 15 is 0 Å². The van der Waals surface area contributed by atoms with Gasteiger partial charge in [-0.25, -0.2) is 12.8 Å². The largest absolute Gasteiger partial charge is 0.340 e. The van der Waals surface area contributed by atoms with E-state index in [0.717, 1.165) is 9.87 Å². The summed E-state index contributed by atoms with van der Waals surface area (Å²) in [5, 5.41) is 0.705. The Morgan fingerprint density at radius 1 is 0.939 bits per heavy atom. The Balaban J connectivity index is 1.89. The molecule has 1 amide bonds. The fourth-order valence-corrected chi connectivity index (χ4v) is 5.00. The number of hydrogen-bond acceptors (Lipinski definition) is 3. The van der Waals surface area contributed by atoms with Gasteiger partial charge in [0.15, 0.2) is 0 Å². The molecule has 0 spiro atoms. The third-order valence-corrected chi connectivity index (χ3v) is 7.52. The highest BCUT2D eigenvalue weighted by molar-refractivity contribution is 7.89. The predicted octanol–water partition coefficient (Wildman–Crippen LogP) is 5.29. The average Bonchev–Trinajstić information content (AvgIpc) is 2.76. The van der Waals surface area contributed by atoms with Gasteiger partial charge < -0.3 is 4.90 Å². The summed E-state index contributed by atoms with van der Waals surface area (Å²) in [6.07, 6.45) is 0. The average molecular weight is 509 g/mol. The molecule has 3 rings (SSSR count). The first-order valence-corrected chi connectivity index (χ1v) is 12.3.